The number of carbonyl (C=O) groups excluding carboxylic acids is 4. The summed E-state index contributed by atoms with van der Waals surface area (Å²) in [5, 5.41) is 6.99. The SMILES string of the molecule is O=C(N[C@@H]1CCCCC/C=C\C2C[C@@]2(C(=O)NS(=O)(=O)C2CC2)NC(=O)[C@@H]2C[C@@H](Oc3nc4ccccc4nc3-c3cccs3)CN2C1=O)OC1COC2OCCC12. The number of thiophene rings is 1. The molecule has 6 aliphatic rings. The lowest BCUT2D eigenvalue weighted by Gasteiger charge is -2.30. The van der Waals surface area contributed by atoms with Gasteiger partial charge >= 0.3 is 6.09 Å². The quantitative estimate of drug-likeness (QED) is 0.279. The van der Waals surface area contributed by atoms with Gasteiger partial charge in [0.2, 0.25) is 27.7 Å². The Morgan fingerprint density at radius 2 is 1.83 bits per heavy atom. The molecule has 2 aliphatic carbocycles. The summed E-state index contributed by atoms with van der Waals surface area (Å²) in [7, 11) is -3.91. The van der Waals surface area contributed by atoms with Crippen LogP contribution in [-0.4, -0.2) is 108 Å². The molecule has 16 nitrogen and oxygen atoms in total. The first-order valence-electron chi connectivity index (χ1n) is 20.1. The van der Waals surface area contributed by atoms with Gasteiger partial charge in [-0.05, 0) is 68.5 Å². The average molecular weight is 835 g/mol. The third-order valence-corrected chi connectivity index (χ3v) is 14.6. The standard InChI is InChI=1S/C40H46N6O10S2/c47-34-30-19-24(55-35-33(32-13-8-18-57-32)41-27-10-6-7-11-28(27)42-35)21-46(30)36(48)29(43-39(50)56-31-22-54-37-26(31)16-17-53-37)12-5-3-1-2-4-9-23-20-40(23,44-34)38(49)45-58(51,52)25-14-15-25/h4,6-11,13,18,23-26,29-31,37H,1-3,5,12,14-17,19-22H2,(H,43,50)(H,44,47)(H,45,49)/b9-4-/t23?,24-,26?,29-,30+,31?,37?,40-/m1/s1. The first-order chi connectivity index (χ1) is 28.1. The minimum Gasteiger partial charge on any atom is -0.471 e. The van der Waals surface area contributed by atoms with Crippen molar-refractivity contribution in [2.24, 2.45) is 11.8 Å². The maximum Gasteiger partial charge on any atom is 0.408 e. The predicted molar refractivity (Wildman–Crippen MR) is 210 cm³/mol. The van der Waals surface area contributed by atoms with Gasteiger partial charge in [0.1, 0.15) is 35.5 Å². The van der Waals surface area contributed by atoms with Crippen molar-refractivity contribution < 1.29 is 46.5 Å². The van der Waals surface area contributed by atoms with Crippen LogP contribution in [0.15, 0.2) is 53.9 Å². The summed E-state index contributed by atoms with van der Waals surface area (Å²) in [6, 6.07) is 9.03. The maximum absolute atomic E-state index is 14.7. The van der Waals surface area contributed by atoms with Gasteiger partial charge in [0.05, 0.1) is 46.8 Å². The van der Waals surface area contributed by atoms with E-state index < -0.39 is 81.1 Å². The summed E-state index contributed by atoms with van der Waals surface area (Å²) in [6.07, 6.45) is 6.29. The van der Waals surface area contributed by atoms with Gasteiger partial charge in [0, 0.05) is 12.3 Å². The van der Waals surface area contributed by atoms with Crippen LogP contribution in [0.25, 0.3) is 21.6 Å². The number of fused-ring (bicyclic) bond motifs is 4. The van der Waals surface area contributed by atoms with Gasteiger partial charge in [-0.1, -0.05) is 43.2 Å². The summed E-state index contributed by atoms with van der Waals surface area (Å²) in [5.41, 5.74) is 0.272. The maximum atomic E-state index is 14.7. The highest BCUT2D eigenvalue weighted by Gasteiger charge is 2.62. The lowest BCUT2D eigenvalue weighted by molar-refractivity contribution is -0.141. The van der Waals surface area contributed by atoms with Crippen molar-refractivity contribution in [3.05, 3.63) is 53.9 Å². The molecule has 18 heteroatoms. The molecule has 58 heavy (non-hydrogen) atoms. The highest BCUT2D eigenvalue weighted by Crippen LogP contribution is 2.46. The number of para-hydroxylation sites is 2. The number of rotatable bonds is 8. The number of nitrogens with one attached hydrogen (secondary N) is 3. The van der Waals surface area contributed by atoms with Crippen LogP contribution in [0.2, 0.25) is 0 Å². The van der Waals surface area contributed by atoms with E-state index in [1.165, 1.54) is 16.2 Å². The average Bonchev–Trinajstić information content (AvgIpc) is 3.84. The third-order valence-electron chi connectivity index (χ3n) is 11.9. The molecule has 1 aromatic carbocycles. The molecule has 4 amide bonds. The number of benzene rings is 1. The Kier molecular flexibility index (Phi) is 10.6. The van der Waals surface area contributed by atoms with Crippen LogP contribution in [0.1, 0.15) is 64.2 Å². The van der Waals surface area contributed by atoms with E-state index >= 15 is 0 Å². The Balaban J connectivity index is 1.01. The second-order valence-corrected chi connectivity index (χ2v) is 18.9. The number of ether oxygens (including phenoxy) is 4. The summed E-state index contributed by atoms with van der Waals surface area (Å²) >= 11 is 1.47. The number of hydrogen-bond acceptors (Lipinski definition) is 13. The number of aromatic nitrogens is 2. The molecule has 3 saturated heterocycles. The minimum atomic E-state index is -3.91. The smallest absolute Gasteiger partial charge is 0.408 e. The molecule has 0 bridgehead atoms. The number of sulfonamides is 1. The van der Waals surface area contributed by atoms with Crippen molar-refractivity contribution in [2.75, 3.05) is 19.8 Å². The molecule has 3 N–H and O–H groups in total. The minimum absolute atomic E-state index is 0.0220. The lowest BCUT2D eigenvalue weighted by atomic mass is 10.0. The summed E-state index contributed by atoms with van der Waals surface area (Å²) in [4.78, 5) is 68.5. The van der Waals surface area contributed by atoms with Crippen molar-refractivity contribution in [1.82, 2.24) is 30.2 Å². The molecule has 2 aromatic heterocycles. The van der Waals surface area contributed by atoms with Crippen molar-refractivity contribution in [3.63, 3.8) is 0 Å². The number of hydrogen-bond donors (Lipinski definition) is 3. The number of allylic oxidation sites excluding steroid dienone is 1. The first-order valence-corrected chi connectivity index (χ1v) is 22.5. The van der Waals surface area contributed by atoms with Gasteiger partial charge in [-0.2, -0.15) is 0 Å². The third kappa shape index (κ3) is 7.90. The molecular weight excluding hydrogens is 789 g/mol. The molecule has 3 aromatic rings. The van der Waals surface area contributed by atoms with Gasteiger partial charge in [-0.15, -0.1) is 11.3 Å². The molecule has 5 fully saturated rings. The van der Waals surface area contributed by atoms with E-state index in [9.17, 15) is 27.6 Å². The summed E-state index contributed by atoms with van der Waals surface area (Å²) < 4.78 is 51.7. The van der Waals surface area contributed by atoms with Crippen molar-refractivity contribution in [3.8, 4) is 16.5 Å². The fourth-order valence-electron chi connectivity index (χ4n) is 8.51. The van der Waals surface area contributed by atoms with Crippen LogP contribution in [0.3, 0.4) is 0 Å². The second-order valence-electron chi connectivity index (χ2n) is 16.0. The van der Waals surface area contributed by atoms with Crippen LogP contribution in [0, 0.1) is 11.8 Å². The van der Waals surface area contributed by atoms with Crippen molar-refractivity contribution >= 4 is 56.2 Å². The summed E-state index contributed by atoms with van der Waals surface area (Å²) in [6.45, 7) is 0.652. The van der Waals surface area contributed by atoms with E-state index in [1.807, 2.05) is 53.9 Å². The zero-order valence-electron chi connectivity index (χ0n) is 31.7. The number of carbonyl (C=O) groups is 4. The topological polar surface area (TPSA) is 204 Å². The van der Waals surface area contributed by atoms with E-state index in [-0.39, 0.29) is 44.2 Å². The Hall–Kier alpha value is -4.65. The highest BCUT2D eigenvalue weighted by atomic mass is 32.2. The Morgan fingerprint density at radius 1 is 1.00 bits per heavy atom. The zero-order chi connectivity index (χ0) is 40.0. The van der Waals surface area contributed by atoms with Crippen LogP contribution in [0.4, 0.5) is 4.79 Å². The molecule has 4 aliphatic heterocycles. The molecule has 9 rings (SSSR count). The first kappa shape index (κ1) is 38.8. The van der Waals surface area contributed by atoms with E-state index in [0.29, 0.717) is 55.4 Å². The largest absolute Gasteiger partial charge is 0.471 e. The fourth-order valence-corrected chi connectivity index (χ4v) is 10.6. The van der Waals surface area contributed by atoms with E-state index in [4.69, 9.17) is 28.9 Å². The Labute approximate surface area is 339 Å². The summed E-state index contributed by atoms with van der Waals surface area (Å²) in [5.74, 6) is -2.24. The second kappa shape index (κ2) is 15.8. The van der Waals surface area contributed by atoms with Gasteiger partial charge in [-0.3, -0.25) is 19.1 Å². The van der Waals surface area contributed by atoms with Gasteiger partial charge in [0.25, 0.3) is 5.91 Å². The Morgan fingerprint density at radius 3 is 2.62 bits per heavy atom. The van der Waals surface area contributed by atoms with Crippen LogP contribution >= 0.6 is 11.3 Å². The molecule has 2 saturated carbocycles. The molecule has 0 spiro atoms. The van der Waals surface area contributed by atoms with Crippen molar-refractivity contribution in [1.29, 1.82) is 0 Å². The highest BCUT2D eigenvalue weighted by molar-refractivity contribution is 7.91. The number of nitrogens with zero attached hydrogens (tertiary/aromatic N) is 3. The van der Waals surface area contributed by atoms with Crippen LogP contribution in [-0.2, 0) is 38.6 Å². The van der Waals surface area contributed by atoms with E-state index in [1.54, 1.807) is 0 Å². The predicted octanol–water partition coefficient (Wildman–Crippen LogP) is 3.57. The van der Waals surface area contributed by atoms with E-state index in [0.717, 1.165) is 17.7 Å². The normalized spacial score (nSPS) is 31.9. The van der Waals surface area contributed by atoms with Crippen LogP contribution in [0.5, 0.6) is 5.88 Å². The molecule has 0 radical (unpaired) electrons. The van der Waals surface area contributed by atoms with Gasteiger partial charge in [0.15, 0.2) is 6.29 Å². The van der Waals surface area contributed by atoms with Crippen LogP contribution < -0.4 is 20.1 Å². The molecule has 308 valence electrons. The van der Waals surface area contributed by atoms with E-state index in [2.05, 4.69) is 15.4 Å². The van der Waals surface area contributed by atoms with Gasteiger partial charge < -0.3 is 34.5 Å². The number of amides is 4. The lowest BCUT2D eigenvalue weighted by Crippen LogP contribution is -2.58. The zero-order valence-corrected chi connectivity index (χ0v) is 33.4. The fraction of sp³-hybridized carbons (Fsp3) is 0.550. The van der Waals surface area contributed by atoms with Crippen molar-refractivity contribution in [2.45, 2.75) is 106 Å². The molecule has 4 unspecified atom stereocenters. The molecule has 8 atom stereocenters. The Bertz CT molecular complexity index is 2220. The monoisotopic (exact) mass is 834 g/mol. The number of alkyl carbamates (subject to hydrolysis) is 1. The van der Waals surface area contributed by atoms with Gasteiger partial charge in [-0.25, -0.2) is 23.2 Å². The molecular formula is C40H46N6O10S2. The molecule has 6 heterocycles.